The minimum absolute atomic E-state index is 0.267. The highest BCUT2D eigenvalue weighted by molar-refractivity contribution is 4.61. The predicted octanol–water partition coefficient (Wildman–Crippen LogP) is 3.66. The van der Waals surface area contributed by atoms with Crippen molar-refractivity contribution < 1.29 is 18.3 Å². The van der Waals surface area contributed by atoms with Crippen LogP contribution < -0.4 is 0 Å². The summed E-state index contributed by atoms with van der Waals surface area (Å²) in [6, 6.07) is 0. The molecule has 1 atom stereocenters. The van der Waals surface area contributed by atoms with Crippen molar-refractivity contribution in [1.29, 1.82) is 0 Å². The Hall–Kier alpha value is -0.250. The number of hydrogen-bond donors (Lipinski definition) is 1. The monoisotopic (exact) mass is 212 g/mol. The van der Waals surface area contributed by atoms with Crippen LogP contribution in [0.4, 0.5) is 13.2 Å². The van der Waals surface area contributed by atoms with Crippen molar-refractivity contribution in [2.24, 2.45) is 0 Å². The number of unbranched alkanes of at least 4 members (excludes halogenated alkanes) is 4. The lowest BCUT2D eigenvalue weighted by atomic mass is 10.1. The van der Waals surface area contributed by atoms with Gasteiger partial charge >= 0.3 is 6.18 Å². The van der Waals surface area contributed by atoms with E-state index < -0.39 is 18.7 Å². The van der Waals surface area contributed by atoms with Gasteiger partial charge in [-0.3, -0.25) is 0 Å². The second kappa shape index (κ2) is 7.10. The van der Waals surface area contributed by atoms with Gasteiger partial charge in [0.1, 0.15) is 0 Å². The van der Waals surface area contributed by atoms with E-state index in [4.69, 9.17) is 5.11 Å². The number of alkyl halides is 3. The summed E-state index contributed by atoms with van der Waals surface area (Å²) in [6.07, 6.45) is -1.35. The van der Waals surface area contributed by atoms with Gasteiger partial charge in [0.25, 0.3) is 0 Å². The second-order valence-electron chi connectivity index (χ2n) is 3.68. The molecule has 1 unspecified atom stereocenters. The molecule has 0 fully saturated rings. The fourth-order valence-electron chi connectivity index (χ4n) is 1.35. The molecule has 14 heavy (non-hydrogen) atoms. The Balaban J connectivity index is 3.31. The molecule has 0 radical (unpaired) electrons. The maximum absolute atomic E-state index is 11.8. The molecule has 4 heteroatoms. The molecule has 0 aromatic heterocycles. The lowest BCUT2D eigenvalue weighted by Gasteiger charge is -2.12. The summed E-state index contributed by atoms with van der Waals surface area (Å²) in [7, 11) is 0. The molecule has 0 amide bonds. The third kappa shape index (κ3) is 9.84. The molecule has 1 N–H and O–H groups in total. The Morgan fingerprint density at radius 1 is 1.07 bits per heavy atom. The highest BCUT2D eigenvalue weighted by atomic mass is 19.4. The second-order valence-corrected chi connectivity index (χ2v) is 3.68. The normalized spacial score (nSPS) is 14.4. The first-order chi connectivity index (χ1) is 6.45. The number of aliphatic hydroxyl groups excluding tert-OH is 1. The van der Waals surface area contributed by atoms with Crippen LogP contribution in [0.3, 0.4) is 0 Å². The molecule has 86 valence electrons. The molecule has 0 aromatic rings. The van der Waals surface area contributed by atoms with Gasteiger partial charge in [0, 0.05) is 0 Å². The maximum Gasteiger partial charge on any atom is 0.391 e. The van der Waals surface area contributed by atoms with Crippen LogP contribution in [0.2, 0.25) is 0 Å². The molecule has 0 heterocycles. The van der Waals surface area contributed by atoms with Gasteiger partial charge in [-0.15, -0.1) is 0 Å². The molecular weight excluding hydrogens is 193 g/mol. The van der Waals surface area contributed by atoms with Crippen molar-refractivity contribution in [1.82, 2.24) is 0 Å². The van der Waals surface area contributed by atoms with Crippen LogP contribution in [-0.4, -0.2) is 17.4 Å². The molecule has 0 aromatic carbocycles. The third-order valence-corrected chi connectivity index (χ3v) is 2.11. The van der Waals surface area contributed by atoms with Crippen molar-refractivity contribution >= 4 is 0 Å². The Morgan fingerprint density at radius 2 is 1.64 bits per heavy atom. The fraction of sp³-hybridized carbons (Fsp3) is 1.00. The number of halogens is 3. The van der Waals surface area contributed by atoms with Crippen molar-refractivity contribution in [3.8, 4) is 0 Å². The smallest absolute Gasteiger partial charge is 0.391 e. The SMILES string of the molecule is CCCCCCCC(O)CC(F)(F)F. The Morgan fingerprint density at radius 3 is 2.14 bits per heavy atom. The first-order valence-corrected chi connectivity index (χ1v) is 5.20. The third-order valence-electron chi connectivity index (χ3n) is 2.11. The topological polar surface area (TPSA) is 20.2 Å². The highest BCUT2D eigenvalue weighted by Gasteiger charge is 2.30. The van der Waals surface area contributed by atoms with Crippen LogP contribution in [0.5, 0.6) is 0 Å². The lowest BCUT2D eigenvalue weighted by Crippen LogP contribution is -2.19. The summed E-state index contributed by atoms with van der Waals surface area (Å²) in [5, 5.41) is 9.02. The summed E-state index contributed by atoms with van der Waals surface area (Å²) < 4.78 is 35.3. The molecular formula is C10H19F3O. The van der Waals surface area contributed by atoms with Crippen LogP contribution >= 0.6 is 0 Å². The summed E-state index contributed by atoms with van der Waals surface area (Å²) in [6.45, 7) is 2.08. The first-order valence-electron chi connectivity index (χ1n) is 5.20. The molecule has 0 saturated carbocycles. The van der Waals surface area contributed by atoms with E-state index in [1.54, 1.807) is 0 Å². The van der Waals surface area contributed by atoms with E-state index in [2.05, 4.69) is 6.92 Å². The molecule has 0 bridgehead atoms. The minimum Gasteiger partial charge on any atom is -0.393 e. The van der Waals surface area contributed by atoms with E-state index in [0.29, 0.717) is 6.42 Å². The van der Waals surface area contributed by atoms with Crippen LogP contribution in [0.25, 0.3) is 0 Å². The summed E-state index contributed by atoms with van der Waals surface area (Å²) in [5.74, 6) is 0. The number of aliphatic hydroxyl groups is 1. The number of hydrogen-bond acceptors (Lipinski definition) is 1. The first kappa shape index (κ1) is 13.8. The van der Waals surface area contributed by atoms with Crippen molar-refractivity contribution in [2.45, 2.75) is 64.1 Å². The summed E-state index contributed by atoms with van der Waals surface area (Å²) in [5.41, 5.74) is 0. The average Bonchev–Trinajstić information content (AvgIpc) is 2.00. The standard InChI is InChI=1S/C10H19F3O/c1-2-3-4-5-6-7-9(14)8-10(11,12)13/h9,14H,2-8H2,1H3. The Labute approximate surface area is 83.3 Å². The van der Waals surface area contributed by atoms with Gasteiger partial charge in [0.2, 0.25) is 0 Å². The predicted molar refractivity (Wildman–Crippen MR) is 50.1 cm³/mol. The quantitative estimate of drug-likeness (QED) is 0.638. The van der Waals surface area contributed by atoms with Crippen LogP contribution in [0.15, 0.2) is 0 Å². The zero-order chi connectivity index (χ0) is 11.0. The van der Waals surface area contributed by atoms with E-state index in [9.17, 15) is 13.2 Å². The summed E-state index contributed by atoms with van der Waals surface area (Å²) in [4.78, 5) is 0. The fourth-order valence-corrected chi connectivity index (χ4v) is 1.35. The lowest BCUT2D eigenvalue weighted by molar-refractivity contribution is -0.154. The molecule has 0 spiro atoms. The van der Waals surface area contributed by atoms with E-state index in [1.165, 1.54) is 0 Å². The zero-order valence-electron chi connectivity index (χ0n) is 8.61. The van der Waals surface area contributed by atoms with Crippen LogP contribution in [0, 0.1) is 0 Å². The largest absolute Gasteiger partial charge is 0.393 e. The van der Waals surface area contributed by atoms with Gasteiger partial charge in [-0.2, -0.15) is 13.2 Å². The Bertz CT molecular complexity index is 134. The van der Waals surface area contributed by atoms with Gasteiger partial charge < -0.3 is 5.11 Å². The molecule has 0 saturated heterocycles. The maximum atomic E-state index is 11.8. The van der Waals surface area contributed by atoms with Gasteiger partial charge in [-0.05, 0) is 6.42 Å². The van der Waals surface area contributed by atoms with Crippen molar-refractivity contribution in [3.63, 3.8) is 0 Å². The van der Waals surface area contributed by atoms with E-state index in [-0.39, 0.29) is 6.42 Å². The Kier molecular flexibility index (Phi) is 6.97. The minimum atomic E-state index is -4.23. The van der Waals surface area contributed by atoms with Gasteiger partial charge in [-0.1, -0.05) is 39.0 Å². The van der Waals surface area contributed by atoms with Gasteiger partial charge in [0.15, 0.2) is 0 Å². The molecule has 1 nitrogen and oxygen atoms in total. The van der Waals surface area contributed by atoms with Crippen molar-refractivity contribution in [3.05, 3.63) is 0 Å². The number of rotatable bonds is 7. The highest BCUT2D eigenvalue weighted by Crippen LogP contribution is 2.23. The van der Waals surface area contributed by atoms with Gasteiger partial charge in [0.05, 0.1) is 12.5 Å². The van der Waals surface area contributed by atoms with Crippen LogP contribution in [0.1, 0.15) is 51.9 Å². The molecule has 0 aliphatic heterocycles. The van der Waals surface area contributed by atoms with Gasteiger partial charge in [-0.25, -0.2) is 0 Å². The zero-order valence-corrected chi connectivity index (χ0v) is 8.61. The van der Waals surface area contributed by atoms with E-state index in [0.717, 1.165) is 25.7 Å². The molecule has 0 aliphatic rings. The van der Waals surface area contributed by atoms with E-state index >= 15 is 0 Å². The van der Waals surface area contributed by atoms with E-state index in [1.807, 2.05) is 0 Å². The molecule has 0 rings (SSSR count). The van der Waals surface area contributed by atoms with Crippen LogP contribution in [-0.2, 0) is 0 Å². The molecule has 0 aliphatic carbocycles. The average molecular weight is 212 g/mol. The summed E-state index contributed by atoms with van der Waals surface area (Å²) >= 11 is 0. The van der Waals surface area contributed by atoms with Crippen molar-refractivity contribution in [2.75, 3.05) is 0 Å².